The van der Waals surface area contributed by atoms with Crippen LogP contribution >= 0.6 is 0 Å². The van der Waals surface area contributed by atoms with Gasteiger partial charge in [0.15, 0.2) is 5.84 Å². The van der Waals surface area contributed by atoms with Crippen LogP contribution in [-0.2, 0) is 0 Å². The first kappa shape index (κ1) is 11.8. The molecule has 0 saturated heterocycles. The molecule has 5 heteroatoms. The van der Waals surface area contributed by atoms with Crippen LogP contribution in [0.3, 0.4) is 0 Å². The summed E-state index contributed by atoms with van der Waals surface area (Å²) < 4.78 is 0. The predicted octanol–water partition coefficient (Wildman–Crippen LogP) is 1.81. The van der Waals surface area contributed by atoms with Gasteiger partial charge in [-0.05, 0) is 11.6 Å². The summed E-state index contributed by atoms with van der Waals surface area (Å²) in [7, 11) is 0. The molecular formula is C16H12N4O. The van der Waals surface area contributed by atoms with Crippen molar-refractivity contribution in [2.75, 3.05) is 6.54 Å². The molecule has 4 rings (SSSR count). The van der Waals surface area contributed by atoms with Gasteiger partial charge in [0.2, 0.25) is 0 Å². The van der Waals surface area contributed by atoms with Gasteiger partial charge in [0, 0.05) is 5.56 Å². The van der Waals surface area contributed by atoms with Crippen molar-refractivity contribution in [1.29, 1.82) is 0 Å². The molecule has 2 aliphatic rings. The van der Waals surface area contributed by atoms with E-state index in [0.29, 0.717) is 17.9 Å². The van der Waals surface area contributed by atoms with Crippen LogP contribution in [0, 0.1) is 0 Å². The van der Waals surface area contributed by atoms with Crippen molar-refractivity contribution in [2.24, 2.45) is 10.2 Å². The lowest BCUT2D eigenvalue weighted by Gasteiger charge is -2.33. The number of rotatable bonds is 1. The molecule has 21 heavy (non-hydrogen) atoms. The van der Waals surface area contributed by atoms with E-state index < -0.39 is 0 Å². The zero-order chi connectivity index (χ0) is 14.2. The molecule has 0 bridgehead atoms. The number of benzene rings is 2. The van der Waals surface area contributed by atoms with Gasteiger partial charge in [-0.25, -0.2) is 0 Å². The third-order valence-corrected chi connectivity index (χ3v) is 3.59. The molecule has 2 heterocycles. The summed E-state index contributed by atoms with van der Waals surface area (Å²) in [6, 6.07) is 17.3. The molecule has 0 aromatic heterocycles. The van der Waals surface area contributed by atoms with Gasteiger partial charge in [-0.3, -0.25) is 15.2 Å². The molecule has 0 saturated carbocycles. The van der Waals surface area contributed by atoms with Gasteiger partial charge in [0.25, 0.3) is 5.91 Å². The summed E-state index contributed by atoms with van der Waals surface area (Å²) >= 11 is 0. The van der Waals surface area contributed by atoms with Crippen LogP contribution in [0.1, 0.15) is 21.5 Å². The molecule has 0 aliphatic carbocycles. The summed E-state index contributed by atoms with van der Waals surface area (Å²) in [6.45, 7) is 0.503. The van der Waals surface area contributed by atoms with Gasteiger partial charge in [-0.1, -0.05) is 48.5 Å². The molecule has 2 aromatic rings. The second-order valence-electron chi connectivity index (χ2n) is 4.91. The van der Waals surface area contributed by atoms with E-state index in [1.807, 2.05) is 48.5 Å². The van der Waals surface area contributed by atoms with Gasteiger partial charge in [-0.2, -0.15) is 5.10 Å². The standard InChI is InChI=1S/C16H12N4O/c21-16-13-9-5-4-8-12(13)15-18-17-14(10-20(15)19-16)11-6-2-1-3-7-11/h1-9H,10H2,(H,19,21). The van der Waals surface area contributed by atoms with Crippen molar-refractivity contribution in [1.82, 2.24) is 10.4 Å². The van der Waals surface area contributed by atoms with E-state index in [9.17, 15) is 4.79 Å². The first-order chi connectivity index (χ1) is 10.3. The Kier molecular flexibility index (Phi) is 2.57. The van der Waals surface area contributed by atoms with Gasteiger partial charge < -0.3 is 0 Å². The zero-order valence-corrected chi connectivity index (χ0v) is 11.2. The average molecular weight is 276 g/mol. The molecular weight excluding hydrogens is 264 g/mol. The first-order valence-corrected chi connectivity index (χ1v) is 6.71. The highest BCUT2D eigenvalue weighted by Crippen LogP contribution is 2.20. The molecule has 102 valence electrons. The maximum Gasteiger partial charge on any atom is 0.270 e. The van der Waals surface area contributed by atoms with Crippen LogP contribution in [0.5, 0.6) is 0 Å². The van der Waals surface area contributed by atoms with Crippen molar-refractivity contribution >= 4 is 17.5 Å². The summed E-state index contributed by atoms with van der Waals surface area (Å²) in [4.78, 5) is 12.1. The second-order valence-corrected chi connectivity index (χ2v) is 4.91. The van der Waals surface area contributed by atoms with E-state index in [1.165, 1.54) is 0 Å². The van der Waals surface area contributed by atoms with Crippen LogP contribution < -0.4 is 5.43 Å². The van der Waals surface area contributed by atoms with Crippen molar-refractivity contribution in [2.45, 2.75) is 0 Å². The molecule has 0 unspecified atom stereocenters. The van der Waals surface area contributed by atoms with Crippen LogP contribution in [0.15, 0.2) is 64.8 Å². The Morgan fingerprint density at radius 2 is 1.62 bits per heavy atom. The summed E-state index contributed by atoms with van der Waals surface area (Å²) in [5.41, 5.74) is 6.14. The Balaban J connectivity index is 1.79. The van der Waals surface area contributed by atoms with Gasteiger partial charge >= 0.3 is 0 Å². The zero-order valence-electron chi connectivity index (χ0n) is 11.2. The van der Waals surface area contributed by atoms with E-state index in [4.69, 9.17) is 0 Å². The topological polar surface area (TPSA) is 57.1 Å². The largest absolute Gasteiger partial charge is 0.270 e. The molecule has 1 amide bonds. The Hall–Kier alpha value is -2.95. The van der Waals surface area contributed by atoms with Crippen LogP contribution in [0.25, 0.3) is 0 Å². The summed E-state index contributed by atoms with van der Waals surface area (Å²) in [5, 5.41) is 10.4. The number of carbonyl (C=O) groups is 1. The maximum atomic E-state index is 12.1. The molecule has 0 radical (unpaired) electrons. The molecule has 1 N–H and O–H groups in total. The Bertz CT molecular complexity index is 780. The predicted molar refractivity (Wildman–Crippen MR) is 80.1 cm³/mol. The lowest BCUT2D eigenvalue weighted by molar-refractivity contribution is 0.0869. The minimum absolute atomic E-state index is 0.112. The first-order valence-electron chi connectivity index (χ1n) is 6.71. The third-order valence-electron chi connectivity index (χ3n) is 3.59. The average Bonchev–Trinajstić information content (AvgIpc) is 2.55. The minimum atomic E-state index is -0.112. The van der Waals surface area contributed by atoms with Crippen LogP contribution in [0.4, 0.5) is 0 Å². The highest BCUT2D eigenvalue weighted by molar-refractivity contribution is 6.16. The Morgan fingerprint density at radius 1 is 0.905 bits per heavy atom. The number of amidine groups is 1. The lowest BCUT2D eigenvalue weighted by Crippen LogP contribution is -2.54. The van der Waals surface area contributed by atoms with Crippen molar-refractivity contribution < 1.29 is 4.79 Å². The molecule has 0 atom stereocenters. The molecule has 0 fully saturated rings. The molecule has 0 spiro atoms. The van der Waals surface area contributed by atoms with Crippen LogP contribution in [0.2, 0.25) is 0 Å². The van der Waals surface area contributed by atoms with Crippen LogP contribution in [-0.4, -0.2) is 29.0 Å². The van der Waals surface area contributed by atoms with Crippen molar-refractivity contribution in [3.05, 3.63) is 71.3 Å². The Morgan fingerprint density at radius 3 is 2.43 bits per heavy atom. The van der Waals surface area contributed by atoms with E-state index in [1.54, 1.807) is 11.1 Å². The highest BCUT2D eigenvalue weighted by Gasteiger charge is 2.30. The number of amides is 1. The normalized spacial score (nSPS) is 16.4. The fourth-order valence-corrected chi connectivity index (χ4v) is 2.55. The highest BCUT2D eigenvalue weighted by atomic mass is 16.2. The smallest absolute Gasteiger partial charge is 0.267 e. The number of fused-ring (bicyclic) bond motifs is 3. The van der Waals surface area contributed by atoms with Crippen molar-refractivity contribution in [3.63, 3.8) is 0 Å². The van der Waals surface area contributed by atoms with E-state index in [2.05, 4.69) is 15.6 Å². The maximum absolute atomic E-state index is 12.1. The van der Waals surface area contributed by atoms with E-state index in [0.717, 1.165) is 16.8 Å². The monoisotopic (exact) mass is 276 g/mol. The Labute approximate surface area is 121 Å². The fourth-order valence-electron chi connectivity index (χ4n) is 2.55. The number of nitrogens with zero attached hydrogens (tertiary/aromatic N) is 3. The fraction of sp³-hybridized carbons (Fsp3) is 0.0625. The summed E-state index contributed by atoms with van der Waals surface area (Å²) in [6.07, 6.45) is 0. The van der Waals surface area contributed by atoms with E-state index in [-0.39, 0.29) is 5.91 Å². The number of nitrogens with one attached hydrogen (secondary N) is 1. The molecule has 2 aromatic carbocycles. The van der Waals surface area contributed by atoms with Gasteiger partial charge in [0.1, 0.15) is 0 Å². The SMILES string of the molecule is O=C1NN2CC(c3ccccc3)=NN=C2c2ccccc21. The minimum Gasteiger partial charge on any atom is -0.267 e. The van der Waals surface area contributed by atoms with Crippen molar-refractivity contribution in [3.8, 4) is 0 Å². The molecule has 5 nitrogen and oxygen atoms in total. The summed E-state index contributed by atoms with van der Waals surface area (Å²) in [5.74, 6) is 0.573. The van der Waals surface area contributed by atoms with E-state index >= 15 is 0 Å². The number of hydrogen-bond donors (Lipinski definition) is 1. The number of hydrogen-bond acceptors (Lipinski definition) is 4. The molecule has 2 aliphatic heterocycles. The lowest BCUT2D eigenvalue weighted by atomic mass is 10.0. The number of hydrazine groups is 1. The number of carbonyl (C=O) groups excluding carboxylic acids is 1. The second kappa shape index (κ2) is 4.56. The third kappa shape index (κ3) is 1.90. The van der Waals surface area contributed by atoms with Gasteiger partial charge in [0.05, 0.1) is 17.8 Å². The van der Waals surface area contributed by atoms with Gasteiger partial charge in [-0.15, -0.1) is 5.10 Å². The quantitative estimate of drug-likeness (QED) is 0.863.